The summed E-state index contributed by atoms with van der Waals surface area (Å²) in [7, 11) is 0. The van der Waals surface area contributed by atoms with Crippen LogP contribution in [0.4, 0.5) is 0 Å². The van der Waals surface area contributed by atoms with Crippen molar-refractivity contribution in [3.63, 3.8) is 0 Å². The van der Waals surface area contributed by atoms with E-state index in [1.807, 2.05) is 18.2 Å². The van der Waals surface area contributed by atoms with Gasteiger partial charge in [0.1, 0.15) is 5.75 Å². The second-order valence-corrected chi connectivity index (χ2v) is 7.73. The first-order valence-electron chi connectivity index (χ1n) is 8.19. The molecule has 0 saturated heterocycles. The summed E-state index contributed by atoms with van der Waals surface area (Å²) < 4.78 is 7.01. The Morgan fingerprint density at radius 2 is 1.75 bits per heavy atom. The van der Waals surface area contributed by atoms with Crippen LogP contribution in [0.5, 0.6) is 5.75 Å². The number of nitrogens with one attached hydrogen (secondary N) is 1. The third kappa shape index (κ3) is 5.49. The van der Waals surface area contributed by atoms with Gasteiger partial charge in [-0.05, 0) is 82.8 Å². The molecule has 3 rings (SSSR count). The van der Waals surface area contributed by atoms with Gasteiger partial charge < -0.3 is 4.74 Å². The van der Waals surface area contributed by atoms with E-state index in [0.29, 0.717) is 16.9 Å². The first-order chi connectivity index (χ1) is 13.5. The molecular formula is C21H14BrIN2O3. The number of benzene rings is 3. The molecular weight excluding hydrogens is 535 g/mol. The molecule has 0 unspecified atom stereocenters. The zero-order chi connectivity index (χ0) is 19.9. The van der Waals surface area contributed by atoms with E-state index in [9.17, 15) is 9.59 Å². The van der Waals surface area contributed by atoms with Gasteiger partial charge in [0.15, 0.2) is 0 Å². The van der Waals surface area contributed by atoms with Crippen LogP contribution in [0.2, 0.25) is 0 Å². The van der Waals surface area contributed by atoms with Crippen molar-refractivity contribution in [1.29, 1.82) is 0 Å². The molecule has 0 bridgehead atoms. The van der Waals surface area contributed by atoms with Crippen molar-refractivity contribution in [3.05, 3.63) is 97.5 Å². The van der Waals surface area contributed by atoms with Crippen molar-refractivity contribution in [2.75, 3.05) is 0 Å². The molecule has 0 aromatic heterocycles. The van der Waals surface area contributed by atoms with Crippen LogP contribution >= 0.6 is 38.5 Å². The summed E-state index contributed by atoms with van der Waals surface area (Å²) in [5.41, 5.74) is 4.27. The normalized spacial score (nSPS) is 10.6. The standard InChI is InChI=1S/C21H14BrIN2O3/c22-16-5-3-4-15(12-16)21(27)28-17-10-8-14(9-11-17)13-24-25-20(26)18-6-1-2-7-19(18)23/h1-13H,(H,25,26)/b24-13+. The minimum atomic E-state index is -0.438. The summed E-state index contributed by atoms with van der Waals surface area (Å²) in [6.07, 6.45) is 1.52. The minimum absolute atomic E-state index is 0.277. The van der Waals surface area contributed by atoms with Gasteiger partial charge in [-0.25, -0.2) is 10.2 Å². The highest BCUT2D eigenvalue weighted by Crippen LogP contribution is 2.16. The Morgan fingerprint density at radius 1 is 1.00 bits per heavy atom. The molecule has 1 amide bonds. The molecule has 0 heterocycles. The van der Waals surface area contributed by atoms with Gasteiger partial charge in [-0.1, -0.05) is 34.1 Å². The second kappa shape index (κ2) is 9.61. The first-order valence-corrected chi connectivity index (χ1v) is 10.1. The smallest absolute Gasteiger partial charge is 0.343 e. The Morgan fingerprint density at radius 3 is 2.46 bits per heavy atom. The van der Waals surface area contributed by atoms with E-state index in [1.54, 1.807) is 54.6 Å². The number of nitrogens with zero attached hydrogens (tertiary/aromatic N) is 1. The highest BCUT2D eigenvalue weighted by molar-refractivity contribution is 14.1. The van der Waals surface area contributed by atoms with Crippen LogP contribution in [0.15, 0.2) is 82.4 Å². The maximum atomic E-state index is 12.1. The summed E-state index contributed by atoms with van der Waals surface area (Å²) in [6.45, 7) is 0. The van der Waals surface area contributed by atoms with Crippen molar-refractivity contribution < 1.29 is 14.3 Å². The molecule has 0 saturated carbocycles. The second-order valence-electron chi connectivity index (χ2n) is 5.65. The quantitative estimate of drug-likeness (QED) is 0.160. The molecule has 0 spiro atoms. The van der Waals surface area contributed by atoms with Gasteiger partial charge in [-0.2, -0.15) is 5.10 Å². The average Bonchev–Trinajstić information content (AvgIpc) is 2.69. The molecule has 0 aliphatic heterocycles. The third-order valence-electron chi connectivity index (χ3n) is 3.65. The number of hydrogen-bond acceptors (Lipinski definition) is 4. The topological polar surface area (TPSA) is 67.8 Å². The van der Waals surface area contributed by atoms with E-state index < -0.39 is 5.97 Å². The van der Waals surface area contributed by atoms with E-state index in [2.05, 4.69) is 49.0 Å². The van der Waals surface area contributed by atoms with Gasteiger partial charge in [0.2, 0.25) is 0 Å². The van der Waals surface area contributed by atoms with Crippen molar-refractivity contribution in [2.24, 2.45) is 5.10 Å². The largest absolute Gasteiger partial charge is 0.423 e. The predicted octanol–water partition coefficient (Wildman–Crippen LogP) is 5.04. The maximum absolute atomic E-state index is 12.1. The Kier molecular flexibility index (Phi) is 6.94. The fourth-order valence-electron chi connectivity index (χ4n) is 2.27. The number of rotatable bonds is 5. The van der Waals surface area contributed by atoms with E-state index >= 15 is 0 Å². The SMILES string of the molecule is O=C(Oc1ccc(/C=N/NC(=O)c2ccccc2I)cc1)c1cccc(Br)c1. The van der Waals surface area contributed by atoms with Gasteiger partial charge in [0.05, 0.1) is 17.3 Å². The number of carbonyl (C=O) groups excluding carboxylic acids is 2. The number of amides is 1. The lowest BCUT2D eigenvalue weighted by Crippen LogP contribution is -2.18. The van der Waals surface area contributed by atoms with Crippen LogP contribution in [0, 0.1) is 3.57 Å². The third-order valence-corrected chi connectivity index (χ3v) is 5.08. The van der Waals surface area contributed by atoms with Gasteiger partial charge in [-0.3, -0.25) is 4.79 Å². The van der Waals surface area contributed by atoms with E-state index in [4.69, 9.17) is 4.74 Å². The summed E-state index contributed by atoms with van der Waals surface area (Å²) in [4.78, 5) is 24.2. The monoisotopic (exact) mass is 548 g/mol. The van der Waals surface area contributed by atoms with E-state index in [1.165, 1.54) is 6.21 Å². The van der Waals surface area contributed by atoms with Gasteiger partial charge in [0, 0.05) is 8.04 Å². The predicted molar refractivity (Wildman–Crippen MR) is 120 cm³/mol. The van der Waals surface area contributed by atoms with Crippen LogP contribution in [0.25, 0.3) is 0 Å². The lowest BCUT2D eigenvalue weighted by atomic mass is 10.2. The Labute approximate surface area is 184 Å². The van der Waals surface area contributed by atoms with Crippen molar-refractivity contribution in [1.82, 2.24) is 5.43 Å². The Bertz CT molecular complexity index is 1040. The molecule has 0 radical (unpaired) electrons. The molecule has 3 aromatic rings. The maximum Gasteiger partial charge on any atom is 0.343 e. The van der Waals surface area contributed by atoms with Crippen LogP contribution in [0.3, 0.4) is 0 Å². The fourth-order valence-corrected chi connectivity index (χ4v) is 3.31. The van der Waals surface area contributed by atoms with Crippen molar-refractivity contribution in [3.8, 4) is 5.75 Å². The Hall–Kier alpha value is -2.52. The molecule has 0 aliphatic carbocycles. The number of halogens is 2. The molecule has 7 heteroatoms. The summed E-state index contributed by atoms with van der Waals surface area (Å²) in [5, 5.41) is 3.97. The van der Waals surface area contributed by atoms with Crippen LogP contribution < -0.4 is 10.2 Å². The zero-order valence-electron chi connectivity index (χ0n) is 14.4. The minimum Gasteiger partial charge on any atom is -0.423 e. The van der Waals surface area contributed by atoms with Gasteiger partial charge >= 0.3 is 5.97 Å². The highest BCUT2D eigenvalue weighted by atomic mass is 127. The fraction of sp³-hybridized carbons (Fsp3) is 0. The molecule has 0 atom stereocenters. The number of hydrogen-bond donors (Lipinski definition) is 1. The molecule has 28 heavy (non-hydrogen) atoms. The van der Waals surface area contributed by atoms with E-state index in [-0.39, 0.29) is 5.91 Å². The lowest BCUT2D eigenvalue weighted by molar-refractivity contribution is 0.0734. The first kappa shape index (κ1) is 20.2. The number of ether oxygens (including phenoxy) is 1. The molecule has 0 fully saturated rings. The summed E-state index contributed by atoms with van der Waals surface area (Å²) in [5.74, 6) is -0.293. The molecule has 5 nitrogen and oxygen atoms in total. The van der Waals surface area contributed by atoms with Crippen LogP contribution in [-0.4, -0.2) is 18.1 Å². The summed E-state index contributed by atoms with van der Waals surface area (Å²) in [6, 6.07) is 21.1. The molecule has 140 valence electrons. The van der Waals surface area contributed by atoms with Crippen LogP contribution in [-0.2, 0) is 0 Å². The lowest BCUT2D eigenvalue weighted by Gasteiger charge is -2.05. The van der Waals surface area contributed by atoms with Crippen molar-refractivity contribution >= 4 is 56.6 Å². The molecule has 3 aromatic carbocycles. The van der Waals surface area contributed by atoms with Crippen molar-refractivity contribution in [2.45, 2.75) is 0 Å². The van der Waals surface area contributed by atoms with Gasteiger partial charge in [-0.15, -0.1) is 0 Å². The number of hydrazone groups is 1. The summed E-state index contributed by atoms with van der Waals surface area (Å²) >= 11 is 5.43. The van der Waals surface area contributed by atoms with Crippen LogP contribution in [0.1, 0.15) is 26.3 Å². The molecule has 1 N–H and O–H groups in total. The Balaban J connectivity index is 1.58. The number of esters is 1. The average molecular weight is 549 g/mol. The number of carbonyl (C=O) groups is 2. The van der Waals surface area contributed by atoms with E-state index in [0.717, 1.165) is 13.6 Å². The molecule has 0 aliphatic rings. The zero-order valence-corrected chi connectivity index (χ0v) is 18.2. The van der Waals surface area contributed by atoms with Gasteiger partial charge in [0.25, 0.3) is 5.91 Å². The highest BCUT2D eigenvalue weighted by Gasteiger charge is 2.09.